The van der Waals surface area contributed by atoms with E-state index >= 15 is 0 Å². The van der Waals surface area contributed by atoms with Crippen LogP contribution in [0.3, 0.4) is 0 Å². The highest BCUT2D eigenvalue weighted by Gasteiger charge is 2.10. The molecule has 0 spiro atoms. The molecule has 0 aliphatic carbocycles. The van der Waals surface area contributed by atoms with E-state index in [1.165, 1.54) is 5.57 Å². The first-order chi connectivity index (χ1) is 7.79. The summed E-state index contributed by atoms with van der Waals surface area (Å²) in [6, 6.07) is 6.10. The van der Waals surface area contributed by atoms with Crippen molar-refractivity contribution in [1.29, 1.82) is 0 Å². The van der Waals surface area contributed by atoms with E-state index in [0.717, 1.165) is 35.3 Å². The first kappa shape index (κ1) is 11.7. The molecule has 86 valence electrons. The van der Waals surface area contributed by atoms with E-state index in [0.29, 0.717) is 6.61 Å². The van der Waals surface area contributed by atoms with Gasteiger partial charge in [-0.05, 0) is 42.8 Å². The topological polar surface area (TPSA) is 21.3 Å². The van der Waals surface area contributed by atoms with Gasteiger partial charge in [0.25, 0.3) is 0 Å². The maximum Gasteiger partial charge on any atom is 0.127 e. The molecular formula is C13H16BrNO. The molecule has 0 saturated carbocycles. The molecule has 0 bridgehead atoms. The van der Waals surface area contributed by atoms with Crippen LogP contribution in [-0.4, -0.2) is 19.7 Å². The van der Waals surface area contributed by atoms with Gasteiger partial charge in [-0.15, -0.1) is 0 Å². The smallest absolute Gasteiger partial charge is 0.127 e. The lowest BCUT2D eigenvalue weighted by molar-refractivity contribution is 0.343. The highest BCUT2D eigenvalue weighted by molar-refractivity contribution is 9.10. The molecule has 2 rings (SSSR count). The minimum atomic E-state index is 0.700. The largest absolute Gasteiger partial charge is 0.489 e. The predicted molar refractivity (Wildman–Crippen MR) is 70.8 cm³/mol. The van der Waals surface area contributed by atoms with Gasteiger partial charge in [0.2, 0.25) is 0 Å². The number of hydrogen-bond donors (Lipinski definition) is 1. The third-order valence-electron chi connectivity index (χ3n) is 2.52. The van der Waals surface area contributed by atoms with E-state index in [4.69, 9.17) is 4.74 Å². The number of hydrogen-bond acceptors (Lipinski definition) is 2. The third kappa shape index (κ3) is 2.86. The first-order valence-corrected chi connectivity index (χ1v) is 6.41. The van der Waals surface area contributed by atoms with Crippen LogP contribution in [0.15, 0.2) is 28.2 Å². The zero-order valence-electron chi connectivity index (χ0n) is 9.42. The molecular weight excluding hydrogens is 266 g/mol. The summed E-state index contributed by atoms with van der Waals surface area (Å²) in [5, 5.41) is 3.39. The van der Waals surface area contributed by atoms with Crippen molar-refractivity contribution in [2.45, 2.75) is 13.3 Å². The fraction of sp³-hybridized carbons (Fsp3) is 0.385. The zero-order valence-corrected chi connectivity index (χ0v) is 11.0. The minimum Gasteiger partial charge on any atom is -0.489 e. The standard InChI is InChI=1S/C13H16BrNO/c1-2-5-15-8-10-6-11-7-12(14)3-4-13(11)16-9-10/h3-4,6-7,15H,2,5,8-9H2,1H3. The summed E-state index contributed by atoms with van der Waals surface area (Å²) in [5.74, 6) is 0.974. The van der Waals surface area contributed by atoms with Crippen molar-refractivity contribution < 1.29 is 4.74 Å². The number of nitrogens with one attached hydrogen (secondary N) is 1. The quantitative estimate of drug-likeness (QED) is 0.856. The van der Waals surface area contributed by atoms with Crippen molar-refractivity contribution in [1.82, 2.24) is 5.32 Å². The van der Waals surface area contributed by atoms with Crippen LogP contribution < -0.4 is 10.1 Å². The van der Waals surface area contributed by atoms with Crippen molar-refractivity contribution in [3.05, 3.63) is 33.8 Å². The normalized spacial score (nSPS) is 14.0. The Morgan fingerprint density at radius 2 is 2.31 bits per heavy atom. The maximum atomic E-state index is 5.69. The fourth-order valence-electron chi connectivity index (χ4n) is 1.72. The van der Waals surface area contributed by atoms with Gasteiger partial charge in [0.05, 0.1) is 0 Å². The average molecular weight is 282 g/mol. The number of rotatable bonds is 4. The van der Waals surface area contributed by atoms with Gasteiger partial charge in [-0.1, -0.05) is 22.9 Å². The first-order valence-electron chi connectivity index (χ1n) is 5.62. The Balaban J connectivity index is 2.08. The Labute approximate surface area is 105 Å². The second-order valence-corrected chi connectivity index (χ2v) is 4.87. The predicted octanol–water partition coefficient (Wildman–Crippen LogP) is 3.22. The van der Waals surface area contributed by atoms with E-state index in [1.54, 1.807) is 0 Å². The molecule has 2 nitrogen and oxygen atoms in total. The van der Waals surface area contributed by atoms with Crippen LogP contribution in [0, 0.1) is 0 Å². The molecule has 1 aliphatic rings. The van der Waals surface area contributed by atoms with Crippen LogP contribution in [0.5, 0.6) is 5.75 Å². The molecule has 1 aromatic carbocycles. The summed E-state index contributed by atoms with van der Waals surface area (Å²) in [5.41, 5.74) is 2.47. The van der Waals surface area contributed by atoms with Gasteiger partial charge in [0.15, 0.2) is 0 Å². The lowest BCUT2D eigenvalue weighted by Crippen LogP contribution is -2.22. The molecule has 0 aromatic heterocycles. The van der Waals surface area contributed by atoms with Gasteiger partial charge < -0.3 is 10.1 Å². The van der Waals surface area contributed by atoms with Crippen LogP contribution in [0.2, 0.25) is 0 Å². The summed E-state index contributed by atoms with van der Waals surface area (Å²) in [4.78, 5) is 0. The molecule has 1 aromatic rings. The molecule has 0 radical (unpaired) electrons. The monoisotopic (exact) mass is 281 g/mol. The molecule has 0 amide bonds. The van der Waals surface area contributed by atoms with Gasteiger partial charge in [0, 0.05) is 16.6 Å². The summed E-state index contributed by atoms with van der Waals surface area (Å²) in [6.07, 6.45) is 3.38. The lowest BCUT2D eigenvalue weighted by Gasteiger charge is -2.18. The molecule has 1 heterocycles. The van der Waals surface area contributed by atoms with Crippen molar-refractivity contribution in [2.75, 3.05) is 19.7 Å². The Morgan fingerprint density at radius 3 is 3.12 bits per heavy atom. The molecule has 0 saturated heterocycles. The second kappa shape index (κ2) is 5.51. The van der Waals surface area contributed by atoms with Gasteiger partial charge in [-0.3, -0.25) is 0 Å². The van der Waals surface area contributed by atoms with Crippen molar-refractivity contribution in [2.24, 2.45) is 0 Å². The average Bonchev–Trinajstić information content (AvgIpc) is 2.29. The van der Waals surface area contributed by atoms with Crippen molar-refractivity contribution in [3.8, 4) is 5.75 Å². The van der Waals surface area contributed by atoms with Gasteiger partial charge >= 0.3 is 0 Å². The number of halogens is 1. The third-order valence-corrected chi connectivity index (χ3v) is 3.02. The number of fused-ring (bicyclic) bond motifs is 1. The Kier molecular flexibility index (Phi) is 4.02. The lowest BCUT2D eigenvalue weighted by atomic mass is 10.1. The highest BCUT2D eigenvalue weighted by Crippen LogP contribution is 2.28. The Hall–Kier alpha value is -0.800. The maximum absolute atomic E-state index is 5.69. The van der Waals surface area contributed by atoms with Crippen LogP contribution in [-0.2, 0) is 0 Å². The van der Waals surface area contributed by atoms with Crippen LogP contribution in [0.4, 0.5) is 0 Å². The van der Waals surface area contributed by atoms with Gasteiger partial charge in [0.1, 0.15) is 12.4 Å². The molecule has 16 heavy (non-hydrogen) atoms. The number of benzene rings is 1. The van der Waals surface area contributed by atoms with E-state index in [-0.39, 0.29) is 0 Å². The molecule has 1 aliphatic heterocycles. The minimum absolute atomic E-state index is 0.700. The van der Waals surface area contributed by atoms with Crippen molar-refractivity contribution >= 4 is 22.0 Å². The molecule has 1 N–H and O–H groups in total. The number of ether oxygens (including phenoxy) is 1. The van der Waals surface area contributed by atoms with E-state index < -0.39 is 0 Å². The Morgan fingerprint density at radius 1 is 1.44 bits per heavy atom. The van der Waals surface area contributed by atoms with Gasteiger partial charge in [-0.25, -0.2) is 0 Å². The van der Waals surface area contributed by atoms with E-state index in [2.05, 4.69) is 40.3 Å². The van der Waals surface area contributed by atoms with E-state index in [1.807, 2.05) is 12.1 Å². The van der Waals surface area contributed by atoms with Crippen molar-refractivity contribution in [3.63, 3.8) is 0 Å². The fourth-order valence-corrected chi connectivity index (χ4v) is 2.10. The summed E-state index contributed by atoms with van der Waals surface area (Å²) < 4.78 is 6.78. The molecule has 3 heteroatoms. The summed E-state index contributed by atoms with van der Waals surface area (Å²) in [6.45, 7) is 4.85. The zero-order chi connectivity index (χ0) is 11.4. The summed E-state index contributed by atoms with van der Waals surface area (Å²) in [7, 11) is 0. The Bertz CT molecular complexity index is 401. The van der Waals surface area contributed by atoms with Gasteiger partial charge in [-0.2, -0.15) is 0 Å². The molecule has 0 fully saturated rings. The van der Waals surface area contributed by atoms with E-state index in [9.17, 15) is 0 Å². The molecule has 0 unspecified atom stereocenters. The molecule has 0 atom stereocenters. The van der Waals surface area contributed by atoms with Crippen LogP contribution in [0.1, 0.15) is 18.9 Å². The second-order valence-electron chi connectivity index (χ2n) is 3.95. The summed E-state index contributed by atoms with van der Waals surface area (Å²) >= 11 is 3.47. The SMILES string of the molecule is CCCNCC1=Cc2cc(Br)ccc2OC1. The van der Waals surface area contributed by atoms with Crippen LogP contribution >= 0.6 is 15.9 Å². The van der Waals surface area contributed by atoms with Crippen LogP contribution in [0.25, 0.3) is 6.08 Å². The highest BCUT2D eigenvalue weighted by atomic mass is 79.9.